The maximum Gasteiger partial charge on any atom is 0.151 e. The van der Waals surface area contributed by atoms with Gasteiger partial charge in [0.2, 0.25) is 0 Å². The van der Waals surface area contributed by atoms with Gasteiger partial charge in [0.15, 0.2) is 5.82 Å². The van der Waals surface area contributed by atoms with Crippen LogP contribution in [-0.4, -0.2) is 15.4 Å². The second-order valence-corrected chi connectivity index (χ2v) is 7.22. The Morgan fingerprint density at radius 2 is 2.05 bits per heavy atom. The van der Waals surface area contributed by atoms with E-state index < -0.39 is 0 Å². The number of alkyl halides is 1. The Bertz CT molecular complexity index is 638. The van der Waals surface area contributed by atoms with E-state index in [1.807, 2.05) is 6.07 Å². The highest BCUT2D eigenvalue weighted by Crippen LogP contribution is 2.41. The SMILES string of the molecule is CC1(C)CCC(n2c(CCCl)nc3c(F)cccc32)CC1. The number of fused-ring (bicyclic) bond motifs is 1. The fraction of sp³-hybridized carbons (Fsp3) is 0.588. The number of imidazole rings is 1. The van der Waals surface area contributed by atoms with E-state index in [-0.39, 0.29) is 5.82 Å². The Hall–Kier alpha value is -1.09. The van der Waals surface area contributed by atoms with Crippen molar-refractivity contribution in [3.63, 3.8) is 0 Å². The van der Waals surface area contributed by atoms with Crippen LogP contribution in [-0.2, 0) is 6.42 Å². The van der Waals surface area contributed by atoms with E-state index in [1.165, 1.54) is 18.9 Å². The first-order valence-electron chi connectivity index (χ1n) is 7.73. The minimum Gasteiger partial charge on any atom is -0.325 e. The van der Waals surface area contributed by atoms with E-state index in [1.54, 1.807) is 6.07 Å². The van der Waals surface area contributed by atoms with Gasteiger partial charge in [0.25, 0.3) is 0 Å². The molecule has 21 heavy (non-hydrogen) atoms. The average molecular weight is 309 g/mol. The zero-order chi connectivity index (χ0) is 15.0. The fourth-order valence-corrected chi connectivity index (χ4v) is 3.61. The first kappa shape index (κ1) is 14.8. The van der Waals surface area contributed by atoms with Crippen molar-refractivity contribution in [3.8, 4) is 0 Å². The third-order valence-electron chi connectivity index (χ3n) is 4.74. The number of hydrogen-bond acceptors (Lipinski definition) is 1. The van der Waals surface area contributed by atoms with Crippen LogP contribution in [0.5, 0.6) is 0 Å². The first-order chi connectivity index (χ1) is 10.0. The molecule has 1 saturated carbocycles. The number of hydrogen-bond donors (Lipinski definition) is 0. The van der Waals surface area contributed by atoms with Gasteiger partial charge in [-0.15, -0.1) is 11.6 Å². The van der Waals surface area contributed by atoms with Crippen LogP contribution in [0, 0.1) is 11.2 Å². The summed E-state index contributed by atoms with van der Waals surface area (Å²) in [7, 11) is 0. The predicted octanol–water partition coefficient (Wildman–Crippen LogP) is 5.10. The molecule has 0 unspecified atom stereocenters. The topological polar surface area (TPSA) is 17.8 Å². The molecule has 0 saturated heterocycles. The third-order valence-corrected chi connectivity index (χ3v) is 4.92. The van der Waals surface area contributed by atoms with Gasteiger partial charge in [-0.25, -0.2) is 9.37 Å². The van der Waals surface area contributed by atoms with Gasteiger partial charge in [-0.1, -0.05) is 19.9 Å². The third kappa shape index (κ3) is 2.80. The molecule has 0 aliphatic heterocycles. The lowest BCUT2D eigenvalue weighted by molar-refractivity contribution is 0.194. The van der Waals surface area contributed by atoms with Crippen LogP contribution in [0.4, 0.5) is 4.39 Å². The molecule has 114 valence electrons. The molecular formula is C17H22ClFN2. The minimum atomic E-state index is -0.238. The van der Waals surface area contributed by atoms with Crippen LogP contribution in [0.25, 0.3) is 11.0 Å². The lowest BCUT2D eigenvalue weighted by Gasteiger charge is -2.35. The Balaban J connectivity index is 2.04. The Morgan fingerprint density at radius 3 is 2.71 bits per heavy atom. The Morgan fingerprint density at radius 1 is 1.33 bits per heavy atom. The van der Waals surface area contributed by atoms with Crippen LogP contribution in [0.1, 0.15) is 51.4 Å². The quantitative estimate of drug-likeness (QED) is 0.721. The van der Waals surface area contributed by atoms with E-state index in [0.717, 1.165) is 24.2 Å². The van der Waals surface area contributed by atoms with Crippen LogP contribution in [0.3, 0.4) is 0 Å². The molecule has 3 rings (SSSR count). The highest BCUT2D eigenvalue weighted by atomic mass is 35.5. The number of aryl methyl sites for hydroxylation is 1. The second kappa shape index (κ2) is 5.60. The van der Waals surface area contributed by atoms with Crippen molar-refractivity contribution >= 4 is 22.6 Å². The number of para-hydroxylation sites is 1. The van der Waals surface area contributed by atoms with Gasteiger partial charge in [0.1, 0.15) is 11.3 Å². The number of nitrogens with zero attached hydrogens (tertiary/aromatic N) is 2. The van der Waals surface area contributed by atoms with Crippen LogP contribution >= 0.6 is 11.6 Å². The molecule has 0 atom stereocenters. The highest BCUT2D eigenvalue weighted by Gasteiger charge is 2.29. The van der Waals surface area contributed by atoms with Gasteiger partial charge in [-0.2, -0.15) is 0 Å². The van der Waals surface area contributed by atoms with Crippen molar-refractivity contribution in [3.05, 3.63) is 29.8 Å². The molecule has 0 bridgehead atoms. The maximum absolute atomic E-state index is 14.0. The summed E-state index contributed by atoms with van der Waals surface area (Å²) >= 11 is 5.91. The van der Waals surface area contributed by atoms with Crippen LogP contribution in [0.15, 0.2) is 18.2 Å². The lowest BCUT2D eigenvalue weighted by atomic mass is 9.75. The minimum absolute atomic E-state index is 0.238. The molecule has 1 aromatic heterocycles. The highest BCUT2D eigenvalue weighted by molar-refractivity contribution is 6.17. The van der Waals surface area contributed by atoms with Gasteiger partial charge in [0, 0.05) is 18.3 Å². The molecule has 1 aliphatic carbocycles. The summed E-state index contributed by atoms with van der Waals surface area (Å²) in [6, 6.07) is 5.65. The maximum atomic E-state index is 14.0. The molecule has 0 spiro atoms. The standard InChI is InChI=1S/C17H22ClFN2/c1-17(2)9-6-12(7-10-17)21-14-5-3-4-13(19)16(14)20-15(21)8-11-18/h3-5,12H,6-11H2,1-2H3. The largest absolute Gasteiger partial charge is 0.325 e. The van der Waals surface area contributed by atoms with Gasteiger partial charge >= 0.3 is 0 Å². The molecule has 2 aromatic rings. The van der Waals surface area contributed by atoms with Crippen molar-refractivity contribution in [2.24, 2.45) is 5.41 Å². The molecule has 1 fully saturated rings. The van der Waals surface area contributed by atoms with Crippen molar-refractivity contribution in [1.82, 2.24) is 9.55 Å². The molecule has 0 N–H and O–H groups in total. The second-order valence-electron chi connectivity index (χ2n) is 6.84. The Kier molecular flexibility index (Phi) is 3.96. The monoisotopic (exact) mass is 308 g/mol. The van der Waals surface area contributed by atoms with Crippen molar-refractivity contribution < 1.29 is 4.39 Å². The van der Waals surface area contributed by atoms with Crippen molar-refractivity contribution in [1.29, 1.82) is 0 Å². The lowest BCUT2D eigenvalue weighted by Crippen LogP contribution is -2.24. The molecule has 4 heteroatoms. The number of rotatable bonds is 3. The summed E-state index contributed by atoms with van der Waals surface area (Å²) in [6.45, 7) is 4.66. The van der Waals surface area contributed by atoms with E-state index in [2.05, 4.69) is 23.4 Å². The number of aromatic nitrogens is 2. The molecule has 0 amide bonds. The number of halogens is 2. The summed E-state index contributed by atoms with van der Waals surface area (Å²) in [5.74, 6) is 1.20. The molecule has 1 aromatic carbocycles. The summed E-state index contributed by atoms with van der Waals surface area (Å²) in [4.78, 5) is 4.52. The van der Waals surface area contributed by atoms with Gasteiger partial charge in [0.05, 0.1) is 5.52 Å². The van der Waals surface area contributed by atoms with Crippen LogP contribution < -0.4 is 0 Å². The van der Waals surface area contributed by atoms with Crippen LogP contribution in [0.2, 0.25) is 0 Å². The summed E-state index contributed by atoms with van der Waals surface area (Å²) in [5, 5.41) is 0. The summed E-state index contributed by atoms with van der Waals surface area (Å²) < 4.78 is 16.2. The van der Waals surface area contributed by atoms with Crippen molar-refractivity contribution in [2.75, 3.05) is 5.88 Å². The summed E-state index contributed by atoms with van der Waals surface area (Å²) in [5.41, 5.74) is 1.83. The Labute approximate surface area is 130 Å². The first-order valence-corrected chi connectivity index (χ1v) is 8.26. The van der Waals surface area contributed by atoms with E-state index in [9.17, 15) is 4.39 Å². The average Bonchev–Trinajstić information content (AvgIpc) is 2.79. The molecule has 1 aliphatic rings. The van der Waals surface area contributed by atoms with E-state index >= 15 is 0 Å². The smallest absolute Gasteiger partial charge is 0.151 e. The summed E-state index contributed by atoms with van der Waals surface area (Å²) in [6.07, 6.45) is 5.35. The van der Waals surface area contributed by atoms with Gasteiger partial charge < -0.3 is 4.57 Å². The van der Waals surface area contributed by atoms with E-state index in [0.29, 0.717) is 29.3 Å². The predicted molar refractivity (Wildman–Crippen MR) is 85.4 cm³/mol. The van der Waals surface area contributed by atoms with Gasteiger partial charge in [-0.05, 0) is 43.2 Å². The van der Waals surface area contributed by atoms with Gasteiger partial charge in [-0.3, -0.25) is 0 Å². The molecule has 2 nitrogen and oxygen atoms in total. The van der Waals surface area contributed by atoms with Crippen molar-refractivity contribution in [2.45, 2.75) is 52.0 Å². The number of benzene rings is 1. The zero-order valence-electron chi connectivity index (χ0n) is 12.7. The zero-order valence-corrected chi connectivity index (χ0v) is 13.5. The van der Waals surface area contributed by atoms with E-state index in [4.69, 9.17) is 11.6 Å². The fourth-order valence-electron chi connectivity index (χ4n) is 3.44. The molecule has 1 heterocycles. The molecular weight excluding hydrogens is 287 g/mol. The molecule has 0 radical (unpaired) electrons. The normalized spacial score (nSPS) is 19.2.